The van der Waals surface area contributed by atoms with Gasteiger partial charge in [-0.25, -0.2) is 0 Å². The van der Waals surface area contributed by atoms with Gasteiger partial charge in [-0.2, -0.15) is 0 Å². The smallest absolute Gasteiger partial charge is 0.144 e. The van der Waals surface area contributed by atoms with Crippen LogP contribution in [-0.4, -0.2) is 5.78 Å². The molecule has 0 bridgehead atoms. The highest BCUT2D eigenvalue weighted by Crippen LogP contribution is 2.44. The molecule has 0 amide bonds. The predicted octanol–water partition coefficient (Wildman–Crippen LogP) is 3.35. The lowest BCUT2D eigenvalue weighted by atomic mass is 9.62. The molecule has 1 rings (SSSR count). The zero-order valence-electron chi connectivity index (χ0n) is 9.02. The molecule has 1 aliphatic carbocycles. The van der Waals surface area contributed by atoms with Crippen molar-refractivity contribution in [1.82, 2.24) is 0 Å². The normalized spacial score (nSPS) is 33.0. The molecule has 1 aliphatic rings. The fourth-order valence-corrected chi connectivity index (χ4v) is 2.48. The Bertz CT molecular complexity index is 227. The Labute approximate surface area is 81.2 Å². The molecular formula is C12H20O. The van der Waals surface area contributed by atoms with Gasteiger partial charge in [-0.05, 0) is 19.3 Å². The van der Waals surface area contributed by atoms with Crippen molar-refractivity contribution in [3.05, 3.63) is 12.7 Å². The summed E-state index contributed by atoms with van der Waals surface area (Å²) in [6.45, 7) is 9.94. The fraction of sp³-hybridized carbons (Fsp3) is 0.750. The van der Waals surface area contributed by atoms with E-state index in [-0.39, 0.29) is 10.8 Å². The van der Waals surface area contributed by atoms with Crippen LogP contribution in [0.15, 0.2) is 12.7 Å². The minimum Gasteiger partial charge on any atom is -0.298 e. The van der Waals surface area contributed by atoms with Crippen LogP contribution in [0.25, 0.3) is 0 Å². The Morgan fingerprint density at radius 3 is 2.54 bits per heavy atom. The summed E-state index contributed by atoms with van der Waals surface area (Å²) >= 11 is 0. The quantitative estimate of drug-likeness (QED) is 0.596. The Balaban J connectivity index is 2.87. The Morgan fingerprint density at radius 1 is 1.38 bits per heavy atom. The van der Waals surface area contributed by atoms with Crippen LogP contribution < -0.4 is 0 Å². The van der Waals surface area contributed by atoms with Gasteiger partial charge in [0, 0.05) is 10.8 Å². The largest absolute Gasteiger partial charge is 0.298 e. The second kappa shape index (κ2) is 3.28. The van der Waals surface area contributed by atoms with E-state index in [1.54, 1.807) is 0 Å². The zero-order chi connectivity index (χ0) is 10.1. The molecule has 0 saturated heterocycles. The summed E-state index contributed by atoms with van der Waals surface area (Å²) in [4.78, 5) is 12.1. The average Bonchev–Trinajstić information content (AvgIpc) is 2.01. The summed E-state index contributed by atoms with van der Waals surface area (Å²) < 4.78 is 0. The Morgan fingerprint density at radius 2 is 2.00 bits per heavy atom. The molecule has 1 nitrogen and oxygen atoms in total. The maximum Gasteiger partial charge on any atom is 0.144 e. The van der Waals surface area contributed by atoms with Crippen molar-refractivity contribution in [3.63, 3.8) is 0 Å². The molecule has 0 aromatic rings. The second-order valence-electron chi connectivity index (χ2n) is 5.12. The first-order valence-corrected chi connectivity index (χ1v) is 5.08. The highest BCUT2D eigenvalue weighted by molar-refractivity contribution is 5.90. The summed E-state index contributed by atoms with van der Waals surface area (Å²) in [5, 5.41) is 0. The third-order valence-electron chi connectivity index (χ3n) is 3.29. The number of rotatable bonds is 2. The van der Waals surface area contributed by atoms with E-state index in [4.69, 9.17) is 0 Å². The van der Waals surface area contributed by atoms with Crippen LogP contribution in [0.4, 0.5) is 0 Å². The lowest BCUT2D eigenvalue weighted by Crippen LogP contribution is -2.42. The van der Waals surface area contributed by atoms with Crippen molar-refractivity contribution in [2.75, 3.05) is 0 Å². The number of Topliss-reactive ketones (excluding diaryl/α,β-unsaturated/α-hetero) is 1. The van der Waals surface area contributed by atoms with E-state index in [1.807, 2.05) is 6.08 Å². The van der Waals surface area contributed by atoms with Crippen molar-refractivity contribution < 1.29 is 4.79 Å². The standard InChI is InChI=1S/C12H20O/c1-5-7-12(4)9-6-8-11(2,3)10(12)13/h5H,1,6-9H2,2-4H3/t12-/m1/s1. The molecule has 0 spiro atoms. The number of hydrogen-bond donors (Lipinski definition) is 0. The molecule has 74 valence electrons. The van der Waals surface area contributed by atoms with Gasteiger partial charge in [-0.15, -0.1) is 6.58 Å². The van der Waals surface area contributed by atoms with Gasteiger partial charge in [-0.1, -0.05) is 33.3 Å². The summed E-state index contributed by atoms with van der Waals surface area (Å²) in [6, 6.07) is 0. The SMILES string of the molecule is C=CC[C@]1(C)CCCC(C)(C)C1=O. The minimum atomic E-state index is -0.135. The fourth-order valence-electron chi connectivity index (χ4n) is 2.48. The summed E-state index contributed by atoms with van der Waals surface area (Å²) in [7, 11) is 0. The van der Waals surface area contributed by atoms with Gasteiger partial charge in [0.2, 0.25) is 0 Å². The van der Waals surface area contributed by atoms with Gasteiger partial charge < -0.3 is 0 Å². The number of carbonyl (C=O) groups is 1. The van der Waals surface area contributed by atoms with Gasteiger partial charge in [0.05, 0.1) is 0 Å². The van der Waals surface area contributed by atoms with Gasteiger partial charge in [0.1, 0.15) is 5.78 Å². The van der Waals surface area contributed by atoms with E-state index < -0.39 is 0 Å². The van der Waals surface area contributed by atoms with E-state index >= 15 is 0 Å². The van der Waals surface area contributed by atoms with Gasteiger partial charge in [-0.3, -0.25) is 4.79 Å². The zero-order valence-corrected chi connectivity index (χ0v) is 9.02. The lowest BCUT2D eigenvalue weighted by Gasteiger charge is -2.40. The number of carbonyl (C=O) groups excluding carboxylic acids is 1. The molecule has 0 radical (unpaired) electrons. The third kappa shape index (κ3) is 1.84. The van der Waals surface area contributed by atoms with Crippen molar-refractivity contribution in [2.24, 2.45) is 10.8 Å². The van der Waals surface area contributed by atoms with Crippen LogP contribution in [0.2, 0.25) is 0 Å². The van der Waals surface area contributed by atoms with Crippen molar-refractivity contribution in [2.45, 2.75) is 46.5 Å². The third-order valence-corrected chi connectivity index (χ3v) is 3.29. The van der Waals surface area contributed by atoms with Crippen LogP contribution in [0, 0.1) is 10.8 Å². The van der Waals surface area contributed by atoms with E-state index in [9.17, 15) is 4.79 Å². The van der Waals surface area contributed by atoms with Crippen LogP contribution in [0.1, 0.15) is 46.5 Å². The Kier molecular flexibility index (Phi) is 2.65. The monoisotopic (exact) mass is 180 g/mol. The molecule has 0 aromatic carbocycles. The minimum absolute atomic E-state index is 0.115. The molecule has 1 fully saturated rings. The predicted molar refractivity (Wildman–Crippen MR) is 55.6 cm³/mol. The second-order valence-corrected chi connectivity index (χ2v) is 5.12. The Hall–Kier alpha value is -0.590. The van der Waals surface area contributed by atoms with E-state index in [1.165, 1.54) is 6.42 Å². The molecule has 1 saturated carbocycles. The van der Waals surface area contributed by atoms with Crippen molar-refractivity contribution >= 4 is 5.78 Å². The number of allylic oxidation sites excluding steroid dienone is 1. The first kappa shape index (κ1) is 10.5. The molecule has 0 aliphatic heterocycles. The van der Waals surface area contributed by atoms with Crippen molar-refractivity contribution in [3.8, 4) is 0 Å². The van der Waals surface area contributed by atoms with Gasteiger partial charge in [0.15, 0.2) is 0 Å². The van der Waals surface area contributed by atoms with Gasteiger partial charge in [0.25, 0.3) is 0 Å². The number of ketones is 1. The maximum absolute atomic E-state index is 12.1. The molecule has 13 heavy (non-hydrogen) atoms. The molecule has 0 unspecified atom stereocenters. The van der Waals surface area contributed by atoms with E-state index in [0.29, 0.717) is 5.78 Å². The van der Waals surface area contributed by atoms with Crippen LogP contribution in [-0.2, 0) is 4.79 Å². The lowest BCUT2D eigenvalue weighted by molar-refractivity contribution is -0.140. The number of hydrogen-bond acceptors (Lipinski definition) is 1. The summed E-state index contributed by atoms with van der Waals surface area (Å²) in [6.07, 6.45) is 5.94. The first-order chi connectivity index (χ1) is 5.92. The summed E-state index contributed by atoms with van der Waals surface area (Å²) in [5.74, 6) is 0.422. The maximum atomic E-state index is 12.1. The van der Waals surface area contributed by atoms with Crippen LogP contribution in [0.5, 0.6) is 0 Å². The van der Waals surface area contributed by atoms with Crippen LogP contribution >= 0.6 is 0 Å². The first-order valence-electron chi connectivity index (χ1n) is 5.08. The topological polar surface area (TPSA) is 17.1 Å². The van der Waals surface area contributed by atoms with Gasteiger partial charge >= 0.3 is 0 Å². The van der Waals surface area contributed by atoms with E-state index in [2.05, 4.69) is 27.4 Å². The van der Waals surface area contributed by atoms with Crippen molar-refractivity contribution in [1.29, 1.82) is 0 Å². The van der Waals surface area contributed by atoms with Crippen LogP contribution in [0.3, 0.4) is 0 Å². The molecular weight excluding hydrogens is 160 g/mol. The summed E-state index contributed by atoms with van der Waals surface area (Å²) in [5.41, 5.74) is -0.250. The molecule has 0 aromatic heterocycles. The molecule has 1 atom stereocenters. The highest BCUT2D eigenvalue weighted by Gasteiger charge is 2.44. The molecule has 1 heteroatoms. The molecule has 0 heterocycles. The molecule has 0 N–H and O–H groups in total. The average molecular weight is 180 g/mol. The highest BCUT2D eigenvalue weighted by atomic mass is 16.1. The van der Waals surface area contributed by atoms with E-state index in [0.717, 1.165) is 19.3 Å².